The summed E-state index contributed by atoms with van der Waals surface area (Å²) in [5, 5.41) is 9.01. The number of amides is 2. The van der Waals surface area contributed by atoms with E-state index in [2.05, 4.69) is 0 Å². The Kier molecular flexibility index (Phi) is 4.06. The van der Waals surface area contributed by atoms with E-state index in [1.807, 2.05) is 0 Å². The number of carbonyl (C=O) groups is 2. The topological polar surface area (TPSA) is 70.1 Å². The van der Waals surface area contributed by atoms with Crippen LogP contribution in [0.25, 0.3) is 0 Å². The van der Waals surface area contributed by atoms with Gasteiger partial charge < -0.3 is 19.6 Å². The van der Waals surface area contributed by atoms with Crippen LogP contribution in [0.1, 0.15) is 19.3 Å². The predicted octanol–water partition coefficient (Wildman–Crippen LogP) is 0.624. The van der Waals surface area contributed by atoms with Gasteiger partial charge in [0.25, 0.3) is 0 Å². The third-order valence-corrected chi connectivity index (χ3v) is 3.79. The van der Waals surface area contributed by atoms with Crippen molar-refractivity contribution < 1.29 is 19.4 Å². The number of carboxylic acid groups (broad SMARTS) is 1. The highest BCUT2D eigenvalue weighted by Gasteiger charge is 2.33. The average Bonchev–Trinajstić information content (AvgIpc) is 2.86. The van der Waals surface area contributed by atoms with Crippen molar-refractivity contribution in [3.05, 3.63) is 0 Å². The molecule has 18 heavy (non-hydrogen) atoms. The Morgan fingerprint density at radius 3 is 2.50 bits per heavy atom. The first-order valence-electron chi connectivity index (χ1n) is 6.41. The smallest absolute Gasteiger partial charge is 0.320 e. The second-order valence-corrected chi connectivity index (χ2v) is 5.00. The largest absolute Gasteiger partial charge is 0.481 e. The van der Waals surface area contributed by atoms with Crippen LogP contribution in [0.15, 0.2) is 0 Å². The summed E-state index contributed by atoms with van der Waals surface area (Å²) in [4.78, 5) is 26.6. The zero-order valence-corrected chi connectivity index (χ0v) is 10.7. The number of hydrogen-bond donors (Lipinski definition) is 1. The van der Waals surface area contributed by atoms with Gasteiger partial charge in [-0.25, -0.2) is 4.79 Å². The number of likely N-dealkylation sites (tertiary alicyclic amines) is 2. The number of piperidine rings is 1. The Balaban J connectivity index is 1.91. The summed E-state index contributed by atoms with van der Waals surface area (Å²) >= 11 is 0. The minimum Gasteiger partial charge on any atom is -0.481 e. The van der Waals surface area contributed by atoms with E-state index in [0.29, 0.717) is 32.6 Å². The average molecular weight is 256 g/mol. The van der Waals surface area contributed by atoms with Crippen molar-refractivity contribution in [3.8, 4) is 0 Å². The van der Waals surface area contributed by atoms with Gasteiger partial charge in [-0.05, 0) is 19.3 Å². The van der Waals surface area contributed by atoms with E-state index in [4.69, 9.17) is 9.84 Å². The van der Waals surface area contributed by atoms with Crippen molar-refractivity contribution in [2.45, 2.75) is 25.4 Å². The normalized spacial score (nSPS) is 28.5. The van der Waals surface area contributed by atoms with E-state index in [9.17, 15) is 9.59 Å². The minimum atomic E-state index is -0.802. The molecule has 2 heterocycles. The van der Waals surface area contributed by atoms with Crippen molar-refractivity contribution in [3.63, 3.8) is 0 Å². The molecule has 0 radical (unpaired) electrons. The first kappa shape index (κ1) is 13.1. The fraction of sp³-hybridized carbons (Fsp3) is 0.833. The number of rotatable bonds is 2. The highest BCUT2D eigenvalue weighted by molar-refractivity contribution is 5.77. The zero-order valence-electron chi connectivity index (χ0n) is 10.7. The van der Waals surface area contributed by atoms with Crippen LogP contribution in [-0.2, 0) is 9.53 Å². The summed E-state index contributed by atoms with van der Waals surface area (Å²) in [6.45, 7) is 2.31. The Morgan fingerprint density at radius 2 is 1.89 bits per heavy atom. The van der Waals surface area contributed by atoms with Crippen LogP contribution < -0.4 is 0 Å². The molecule has 2 saturated heterocycles. The van der Waals surface area contributed by atoms with Crippen molar-refractivity contribution in [1.29, 1.82) is 0 Å². The van der Waals surface area contributed by atoms with Crippen molar-refractivity contribution in [2.75, 3.05) is 33.3 Å². The van der Waals surface area contributed by atoms with E-state index in [1.165, 1.54) is 0 Å². The van der Waals surface area contributed by atoms with Crippen LogP contribution in [-0.4, -0.2) is 66.3 Å². The third kappa shape index (κ3) is 2.75. The Labute approximate surface area is 106 Å². The standard InChI is InChI=1S/C12H20N2O4/c1-18-10-4-6-14(8-10)12(17)13-5-2-3-9(7-13)11(15)16/h9-10H,2-8H2,1H3,(H,15,16). The number of aliphatic carboxylic acids is 1. The molecule has 0 aromatic heterocycles. The minimum absolute atomic E-state index is 0.0412. The number of ether oxygens (including phenoxy) is 1. The molecule has 2 aliphatic heterocycles. The maximum absolute atomic E-state index is 12.2. The molecule has 6 heteroatoms. The second kappa shape index (κ2) is 5.56. The molecule has 2 amide bonds. The summed E-state index contributed by atoms with van der Waals surface area (Å²) in [6, 6.07) is -0.0412. The molecule has 0 aliphatic carbocycles. The van der Waals surface area contributed by atoms with Gasteiger partial charge in [0.05, 0.1) is 12.0 Å². The van der Waals surface area contributed by atoms with E-state index >= 15 is 0 Å². The van der Waals surface area contributed by atoms with Crippen molar-refractivity contribution >= 4 is 12.0 Å². The number of urea groups is 1. The zero-order chi connectivity index (χ0) is 13.1. The van der Waals surface area contributed by atoms with Crippen LogP contribution in [0.4, 0.5) is 4.79 Å². The molecule has 0 aromatic carbocycles. The molecule has 1 N–H and O–H groups in total. The second-order valence-electron chi connectivity index (χ2n) is 5.00. The van der Waals surface area contributed by atoms with Crippen LogP contribution in [0.5, 0.6) is 0 Å². The molecule has 102 valence electrons. The SMILES string of the molecule is COC1CCN(C(=O)N2CCCC(C(=O)O)C2)C1. The summed E-state index contributed by atoms with van der Waals surface area (Å²) in [7, 11) is 1.65. The van der Waals surface area contributed by atoms with Gasteiger partial charge in [-0.15, -0.1) is 0 Å². The molecule has 0 bridgehead atoms. The maximum atomic E-state index is 12.2. The van der Waals surface area contributed by atoms with Crippen LogP contribution in [0, 0.1) is 5.92 Å². The lowest BCUT2D eigenvalue weighted by atomic mass is 9.99. The summed E-state index contributed by atoms with van der Waals surface area (Å²) < 4.78 is 5.23. The summed E-state index contributed by atoms with van der Waals surface area (Å²) in [5.74, 6) is -1.22. The number of nitrogens with zero attached hydrogens (tertiary/aromatic N) is 2. The molecule has 0 aromatic rings. The summed E-state index contributed by atoms with van der Waals surface area (Å²) in [5.41, 5.74) is 0. The van der Waals surface area contributed by atoms with Gasteiger partial charge in [-0.3, -0.25) is 4.79 Å². The first-order chi connectivity index (χ1) is 8.61. The number of methoxy groups -OCH3 is 1. The monoisotopic (exact) mass is 256 g/mol. The van der Waals surface area contributed by atoms with Crippen LogP contribution in [0.2, 0.25) is 0 Å². The molecule has 2 atom stereocenters. The lowest BCUT2D eigenvalue weighted by Crippen LogP contribution is -2.48. The molecular weight excluding hydrogens is 236 g/mol. The van der Waals surface area contributed by atoms with Gasteiger partial charge in [0.2, 0.25) is 0 Å². The molecule has 2 unspecified atom stereocenters. The highest BCUT2D eigenvalue weighted by Crippen LogP contribution is 2.20. The van der Waals surface area contributed by atoms with E-state index < -0.39 is 11.9 Å². The number of carboxylic acids is 1. The Morgan fingerprint density at radius 1 is 1.17 bits per heavy atom. The highest BCUT2D eigenvalue weighted by atomic mass is 16.5. The first-order valence-corrected chi connectivity index (χ1v) is 6.41. The van der Waals surface area contributed by atoms with Crippen molar-refractivity contribution in [1.82, 2.24) is 9.80 Å². The molecular formula is C12H20N2O4. The third-order valence-electron chi connectivity index (χ3n) is 3.79. The van der Waals surface area contributed by atoms with Gasteiger partial charge in [0, 0.05) is 33.3 Å². The van der Waals surface area contributed by atoms with E-state index in [0.717, 1.165) is 12.8 Å². The number of carbonyl (C=O) groups excluding carboxylic acids is 1. The lowest BCUT2D eigenvalue weighted by Gasteiger charge is -2.33. The quantitative estimate of drug-likeness (QED) is 0.786. The molecule has 0 spiro atoms. The predicted molar refractivity (Wildman–Crippen MR) is 64.3 cm³/mol. The Hall–Kier alpha value is -1.30. The van der Waals surface area contributed by atoms with E-state index in [1.54, 1.807) is 16.9 Å². The van der Waals surface area contributed by atoms with Crippen molar-refractivity contribution in [2.24, 2.45) is 5.92 Å². The van der Waals surface area contributed by atoms with Crippen LogP contribution in [0.3, 0.4) is 0 Å². The molecule has 2 fully saturated rings. The Bertz CT molecular complexity index is 334. The van der Waals surface area contributed by atoms with Gasteiger partial charge in [-0.1, -0.05) is 0 Å². The molecule has 6 nitrogen and oxygen atoms in total. The van der Waals surface area contributed by atoms with Gasteiger partial charge >= 0.3 is 12.0 Å². The maximum Gasteiger partial charge on any atom is 0.320 e. The summed E-state index contributed by atoms with van der Waals surface area (Å²) in [6.07, 6.45) is 2.41. The lowest BCUT2D eigenvalue weighted by molar-refractivity contribution is -0.143. The molecule has 2 rings (SSSR count). The van der Waals surface area contributed by atoms with E-state index in [-0.39, 0.29) is 12.1 Å². The van der Waals surface area contributed by atoms with Gasteiger partial charge in [-0.2, -0.15) is 0 Å². The molecule has 2 aliphatic rings. The van der Waals surface area contributed by atoms with Crippen LogP contribution >= 0.6 is 0 Å². The fourth-order valence-electron chi connectivity index (χ4n) is 2.65. The fourth-order valence-corrected chi connectivity index (χ4v) is 2.65. The molecule has 0 saturated carbocycles. The van der Waals surface area contributed by atoms with Gasteiger partial charge in [0.15, 0.2) is 0 Å². The van der Waals surface area contributed by atoms with Gasteiger partial charge in [0.1, 0.15) is 0 Å². The number of hydrogen-bond acceptors (Lipinski definition) is 3.